The molecule has 4 heteroatoms. The molecule has 1 atom stereocenters. The third-order valence-corrected chi connectivity index (χ3v) is 4.63. The van der Waals surface area contributed by atoms with Gasteiger partial charge in [0.25, 0.3) is 0 Å². The molecule has 0 radical (unpaired) electrons. The minimum absolute atomic E-state index is 0.280. The summed E-state index contributed by atoms with van der Waals surface area (Å²) in [4.78, 5) is 9.56. The molecule has 1 heterocycles. The van der Waals surface area contributed by atoms with Gasteiger partial charge in [-0.1, -0.05) is 26.2 Å². The van der Waals surface area contributed by atoms with Gasteiger partial charge in [-0.15, -0.1) is 0 Å². The van der Waals surface area contributed by atoms with E-state index >= 15 is 0 Å². The Morgan fingerprint density at radius 2 is 1.70 bits per heavy atom. The van der Waals surface area contributed by atoms with Gasteiger partial charge >= 0.3 is 0 Å². The van der Waals surface area contributed by atoms with Gasteiger partial charge in [0, 0.05) is 18.5 Å². The highest BCUT2D eigenvalue weighted by molar-refractivity contribution is 5.29. The van der Waals surface area contributed by atoms with Crippen molar-refractivity contribution < 1.29 is 4.74 Å². The number of rotatable bonds is 4. The molecule has 1 aliphatic rings. The third-order valence-electron chi connectivity index (χ3n) is 4.63. The monoisotopic (exact) mass is 277 g/mol. The van der Waals surface area contributed by atoms with Gasteiger partial charge in [0.2, 0.25) is 0 Å². The first kappa shape index (κ1) is 15.4. The number of ether oxygens (including phenoxy) is 1. The lowest BCUT2D eigenvalue weighted by molar-refractivity contribution is -0.0517. The SMILES string of the molecule is COC1(c2nc(C)c(C(C)CN)c(C)n2)CCCCC1. The van der Waals surface area contributed by atoms with Crippen LogP contribution in [0.1, 0.15) is 67.7 Å². The first-order chi connectivity index (χ1) is 9.54. The fourth-order valence-electron chi connectivity index (χ4n) is 3.40. The highest BCUT2D eigenvalue weighted by atomic mass is 16.5. The van der Waals surface area contributed by atoms with Crippen LogP contribution < -0.4 is 5.73 Å². The van der Waals surface area contributed by atoms with Crippen LogP contribution in [-0.4, -0.2) is 23.6 Å². The lowest BCUT2D eigenvalue weighted by atomic mass is 9.83. The molecule has 1 unspecified atom stereocenters. The smallest absolute Gasteiger partial charge is 0.160 e. The number of nitrogens with zero attached hydrogens (tertiary/aromatic N) is 2. The van der Waals surface area contributed by atoms with Crippen molar-refractivity contribution in [1.82, 2.24) is 9.97 Å². The fourth-order valence-corrected chi connectivity index (χ4v) is 3.40. The Labute approximate surface area is 122 Å². The average molecular weight is 277 g/mol. The van der Waals surface area contributed by atoms with Crippen molar-refractivity contribution in [2.45, 2.75) is 64.4 Å². The normalized spacial score (nSPS) is 19.9. The zero-order valence-corrected chi connectivity index (χ0v) is 13.2. The largest absolute Gasteiger partial charge is 0.370 e. The van der Waals surface area contributed by atoms with Crippen LogP contribution in [0.4, 0.5) is 0 Å². The van der Waals surface area contributed by atoms with Gasteiger partial charge in [0.05, 0.1) is 0 Å². The highest BCUT2D eigenvalue weighted by Gasteiger charge is 2.37. The van der Waals surface area contributed by atoms with E-state index < -0.39 is 0 Å². The zero-order chi connectivity index (χ0) is 14.8. The lowest BCUT2D eigenvalue weighted by Crippen LogP contribution is -2.34. The molecule has 0 bridgehead atoms. The molecule has 1 aliphatic carbocycles. The summed E-state index contributed by atoms with van der Waals surface area (Å²) < 4.78 is 5.85. The highest BCUT2D eigenvalue weighted by Crippen LogP contribution is 2.39. The summed E-state index contributed by atoms with van der Waals surface area (Å²) in [6.45, 7) is 6.88. The summed E-state index contributed by atoms with van der Waals surface area (Å²) in [5.41, 5.74) is 8.81. The maximum atomic E-state index is 5.85. The van der Waals surface area contributed by atoms with Crippen LogP contribution in [0.15, 0.2) is 0 Å². The van der Waals surface area contributed by atoms with Gasteiger partial charge in [-0.3, -0.25) is 0 Å². The van der Waals surface area contributed by atoms with Crippen LogP contribution in [-0.2, 0) is 10.3 Å². The summed E-state index contributed by atoms with van der Waals surface area (Å²) in [6, 6.07) is 0. The van der Waals surface area contributed by atoms with Crippen LogP contribution >= 0.6 is 0 Å². The number of nitrogens with two attached hydrogens (primary N) is 1. The van der Waals surface area contributed by atoms with Crippen LogP contribution in [0, 0.1) is 13.8 Å². The topological polar surface area (TPSA) is 61.0 Å². The molecule has 0 saturated heterocycles. The molecule has 2 N–H and O–H groups in total. The first-order valence-electron chi connectivity index (χ1n) is 7.65. The zero-order valence-electron chi connectivity index (χ0n) is 13.2. The summed E-state index contributed by atoms with van der Waals surface area (Å²) in [7, 11) is 1.79. The Bertz CT molecular complexity index is 444. The van der Waals surface area contributed by atoms with Crippen LogP contribution in [0.5, 0.6) is 0 Å². The number of methoxy groups -OCH3 is 1. The molecule has 0 amide bonds. The number of hydrogen-bond acceptors (Lipinski definition) is 4. The van der Waals surface area contributed by atoms with E-state index in [9.17, 15) is 0 Å². The summed E-state index contributed by atoms with van der Waals surface area (Å²) in [6.07, 6.45) is 5.71. The Balaban J connectivity index is 2.43. The lowest BCUT2D eigenvalue weighted by Gasteiger charge is -2.35. The molecular formula is C16H27N3O. The second-order valence-electron chi connectivity index (χ2n) is 6.03. The van der Waals surface area contributed by atoms with Gasteiger partial charge < -0.3 is 10.5 Å². The second kappa shape index (κ2) is 6.19. The maximum Gasteiger partial charge on any atom is 0.160 e. The molecule has 1 aromatic heterocycles. The van der Waals surface area contributed by atoms with E-state index in [4.69, 9.17) is 20.4 Å². The van der Waals surface area contributed by atoms with E-state index in [0.29, 0.717) is 12.5 Å². The number of aromatic nitrogens is 2. The van der Waals surface area contributed by atoms with Gasteiger partial charge in [0.1, 0.15) is 5.60 Å². The van der Waals surface area contributed by atoms with Crippen molar-refractivity contribution >= 4 is 0 Å². The molecule has 1 fully saturated rings. The minimum Gasteiger partial charge on any atom is -0.370 e. The predicted molar refractivity (Wildman–Crippen MR) is 80.7 cm³/mol. The van der Waals surface area contributed by atoms with Crippen molar-refractivity contribution in [3.8, 4) is 0 Å². The molecule has 0 aromatic carbocycles. The van der Waals surface area contributed by atoms with E-state index in [0.717, 1.165) is 30.1 Å². The van der Waals surface area contributed by atoms with Crippen molar-refractivity contribution in [1.29, 1.82) is 0 Å². The van der Waals surface area contributed by atoms with Crippen LogP contribution in [0.25, 0.3) is 0 Å². The first-order valence-corrected chi connectivity index (χ1v) is 7.65. The molecule has 2 rings (SSSR count). The Kier molecular flexibility index (Phi) is 4.76. The summed E-state index contributed by atoms with van der Waals surface area (Å²) in [5, 5.41) is 0. The van der Waals surface area contributed by atoms with Crippen molar-refractivity contribution in [2.75, 3.05) is 13.7 Å². The molecular weight excluding hydrogens is 250 g/mol. The van der Waals surface area contributed by atoms with E-state index in [-0.39, 0.29) is 5.60 Å². The van der Waals surface area contributed by atoms with Gasteiger partial charge in [-0.25, -0.2) is 9.97 Å². The molecule has 0 spiro atoms. The number of aryl methyl sites for hydroxylation is 2. The Hall–Kier alpha value is -1.00. The van der Waals surface area contributed by atoms with Crippen molar-refractivity contribution in [3.63, 3.8) is 0 Å². The van der Waals surface area contributed by atoms with Crippen LogP contribution in [0.2, 0.25) is 0 Å². The molecule has 112 valence electrons. The number of hydrogen-bond donors (Lipinski definition) is 1. The second-order valence-corrected chi connectivity index (χ2v) is 6.03. The van der Waals surface area contributed by atoms with Gasteiger partial charge in [-0.2, -0.15) is 0 Å². The summed E-state index contributed by atoms with van der Waals surface area (Å²) >= 11 is 0. The third kappa shape index (κ3) is 2.72. The quantitative estimate of drug-likeness (QED) is 0.919. The molecule has 1 saturated carbocycles. The Morgan fingerprint density at radius 1 is 1.15 bits per heavy atom. The van der Waals surface area contributed by atoms with Crippen LogP contribution in [0.3, 0.4) is 0 Å². The van der Waals surface area contributed by atoms with Gasteiger partial charge in [-0.05, 0) is 44.7 Å². The van der Waals surface area contributed by atoms with Crippen molar-refractivity contribution in [2.24, 2.45) is 5.73 Å². The molecule has 0 aliphatic heterocycles. The molecule has 4 nitrogen and oxygen atoms in total. The predicted octanol–water partition coefficient (Wildman–Crippen LogP) is 2.96. The fraction of sp³-hybridized carbons (Fsp3) is 0.750. The van der Waals surface area contributed by atoms with E-state index in [2.05, 4.69) is 20.8 Å². The molecule has 1 aromatic rings. The summed E-state index contributed by atoms with van der Waals surface area (Å²) in [5.74, 6) is 1.16. The Morgan fingerprint density at radius 3 is 2.15 bits per heavy atom. The standard InChI is InChI=1S/C16H27N3O/c1-11(10-17)14-12(2)18-15(19-13(14)3)16(20-4)8-6-5-7-9-16/h11H,5-10,17H2,1-4H3. The minimum atomic E-state index is -0.280. The average Bonchev–Trinajstić information content (AvgIpc) is 2.46. The molecule has 20 heavy (non-hydrogen) atoms. The van der Waals surface area contributed by atoms with E-state index in [1.807, 2.05) is 0 Å². The van der Waals surface area contributed by atoms with E-state index in [1.165, 1.54) is 24.8 Å². The van der Waals surface area contributed by atoms with E-state index in [1.54, 1.807) is 7.11 Å². The van der Waals surface area contributed by atoms with Crippen molar-refractivity contribution in [3.05, 3.63) is 22.8 Å². The van der Waals surface area contributed by atoms with Gasteiger partial charge in [0.15, 0.2) is 5.82 Å². The maximum absolute atomic E-state index is 5.85.